The highest BCUT2D eigenvalue weighted by molar-refractivity contribution is 6.31. The number of aromatic nitrogens is 2. The van der Waals surface area contributed by atoms with Gasteiger partial charge in [-0.15, -0.1) is 0 Å². The van der Waals surface area contributed by atoms with Crippen molar-refractivity contribution >= 4 is 11.6 Å². The number of benzene rings is 1. The van der Waals surface area contributed by atoms with Crippen LogP contribution in [0.15, 0.2) is 36.8 Å². The minimum Gasteiger partial charge on any atom is -0.322 e. The molecule has 0 saturated heterocycles. The van der Waals surface area contributed by atoms with Gasteiger partial charge in [0, 0.05) is 23.6 Å². The second-order valence-electron chi connectivity index (χ2n) is 3.68. The lowest BCUT2D eigenvalue weighted by Gasteiger charge is -2.11. The Hall–Kier alpha value is -1.52. The van der Waals surface area contributed by atoms with Crippen LogP contribution in [0.25, 0.3) is 0 Å². The van der Waals surface area contributed by atoms with Crippen molar-refractivity contribution < 1.29 is 4.39 Å². The summed E-state index contributed by atoms with van der Waals surface area (Å²) in [5.74, 6) is -0.323. The molecule has 3 nitrogen and oxygen atoms in total. The molecule has 88 valence electrons. The number of nitrogens with zero attached hydrogens (tertiary/aromatic N) is 2. The summed E-state index contributed by atoms with van der Waals surface area (Å²) in [6.45, 7) is 0. The minimum atomic E-state index is -0.344. The van der Waals surface area contributed by atoms with Crippen molar-refractivity contribution in [2.45, 2.75) is 12.5 Å². The number of hydrogen-bond donors (Lipinski definition) is 1. The molecule has 0 amide bonds. The van der Waals surface area contributed by atoms with Gasteiger partial charge in [0.15, 0.2) is 0 Å². The third kappa shape index (κ3) is 2.99. The topological polar surface area (TPSA) is 51.8 Å². The highest BCUT2D eigenvalue weighted by Crippen LogP contribution is 2.21. The quantitative estimate of drug-likeness (QED) is 0.912. The van der Waals surface area contributed by atoms with Crippen LogP contribution in [0.5, 0.6) is 0 Å². The lowest BCUT2D eigenvalue weighted by molar-refractivity contribution is 0.620. The van der Waals surface area contributed by atoms with Gasteiger partial charge in [-0.05, 0) is 30.2 Å². The van der Waals surface area contributed by atoms with Gasteiger partial charge in [0.05, 0.1) is 11.7 Å². The molecule has 2 N–H and O–H groups in total. The molecule has 1 unspecified atom stereocenters. The average molecular weight is 252 g/mol. The molecule has 5 heteroatoms. The fourth-order valence-corrected chi connectivity index (χ4v) is 1.74. The van der Waals surface area contributed by atoms with E-state index in [1.165, 1.54) is 18.2 Å². The molecule has 1 atom stereocenters. The first kappa shape index (κ1) is 12.0. The fourth-order valence-electron chi connectivity index (χ4n) is 1.54. The zero-order chi connectivity index (χ0) is 12.3. The molecule has 17 heavy (non-hydrogen) atoms. The van der Waals surface area contributed by atoms with E-state index in [4.69, 9.17) is 17.3 Å². The van der Waals surface area contributed by atoms with Crippen LogP contribution in [0, 0.1) is 5.82 Å². The number of rotatable bonds is 3. The Kier molecular flexibility index (Phi) is 3.66. The molecule has 1 heterocycles. The number of halogens is 2. The summed E-state index contributed by atoms with van der Waals surface area (Å²) >= 11 is 5.97. The largest absolute Gasteiger partial charge is 0.322 e. The van der Waals surface area contributed by atoms with Gasteiger partial charge in [-0.3, -0.25) is 9.97 Å². The molecule has 0 saturated carbocycles. The van der Waals surface area contributed by atoms with E-state index < -0.39 is 0 Å². The molecule has 0 radical (unpaired) electrons. The molecule has 0 aliphatic carbocycles. The first-order chi connectivity index (χ1) is 8.16. The lowest BCUT2D eigenvalue weighted by atomic mass is 10.0. The van der Waals surface area contributed by atoms with Gasteiger partial charge in [-0.2, -0.15) is 0 Å². The zero-order valence-corrected chi connectivity index (χ0v) is 9.73. The van der Waals surface area contributed by atoms with Crippen LogP contribution >= 0.6 is 11.6 Å². The Labute approximate surface area is 103 Å². The van der Waals surface area contributed by atoms with E-state index in [0.717, 1.165) is 0 Å². The van der Waals surface area contributed by atoms with E-state index in [1.807, 2.05) is 0 Å². The maximum Gasteiger partial charge on any atom is 0.123 e. The third-order valence-electron chi connectivity index (χ3n) is 2.41. The second kappa shape index (κ2) is 5.21. The molecule has 0 aliphatic rings. The standard InChI is InChI=1S/C12H11ClFN3/c13-10-2-1-9(14)5-8(10)6-11(15)12-7-16-3-4-17-12/h1-5,7,11H,6,15H2. The van der Waals surface area contributed by atoms with Crippen molar-refractivity contribution in [2.24, 2.45) is 5.73 Å². The normalized spacial score (nSPS) is 12.4. The number of hydrogen-bond acceptors (Lipinski definition) is 3. The van der Waals surface area contributed by atoms with Gasteiger partial charge < -0.3 is 5.73 Å². The minimum absolute atomic E-state index is 0.323. The Morgan fingerprint density at radius 1 is 1.35 bits per heavy atom. The summed E-state index contributed by atoms with van der Waals surface area (Å²) in [5, 5.41) is 0.505. The SMILES string of the molecule is NC(Cc1cc(F)ccc1Cl)c1cnccn1. The molecule has 2 rings (SSSR count). The van der Waals surface area contributed by atoms with Gasteiger partial charge >= 0.3 is 0 Å². The Balaban J connectivity index is 2.18. The first-order valence-electron chi connectivity index (χ1n) is 5.12. The number of nitrogens with two attached hydrogens (primary N) is 1. The van der Waals surface area contributed by atoms with E-state index in [2.05, 4.69) is 9.97 Å². The summed E-state index contributed by atoms with van der Waals surface area (Å²) in [6.07, 6.45) is 5.17. The summed E-state index contributed by atoms with van der Waals surface area (Å²) in [5.41, 5.74) is 7.29. The van der Waals surface area contributed by atoms with Gasteiger partial charge in [0.25, 0.3) is 0 Å². The predicted octanol–water partition coefficient (Wildman–Crippen LogP) is 2.51. The molecule has 0 bridgehead atoms. The van der Waals surface area contributed by atoms with Crippen LogP contribution in [-0.4, -0.2) is 9.97 Å². The summed E-state index contributed by atoms with van der Waals surface area (Å²) < 4.78 is 13.1. The molecular weight excluding hydrogens is 241 g/mol. The lowest BCUT2D eigenvalue weighted by Crippen LogP contribution is -2.15. The van der Waals surface area contributed by atoms with Gasteiger partial charge in [0.1, 0.15) is 5.82 Å². The van der Waals surface area contributed by atoms with Crippen LogP contribution in [0.4, 0.5) is 4.39 Å². The molecule has 0 fully saturated rings. The molecule has 2 aromatic rings. The van der Waals surface area contributed by atoms with E-state index in [0.29, 0.717) is 22.7 Å². The highest BCUT2D eigenvalue weighted by Gasteiger charge is 2.11. The maximum absolute atomic E-state index is 13.1. The third-order valence-corrected chi connectivity index (χ3v) is 2.78. The Morgan fingerprint density at radius 3 is 2.88 bits per heavy atom. The Morgan fingerprint density at radius 2 is 2.18 bits per heavy atom. The summed E-state index contributed by atoms with van der Waals surface area (Å²) in [7, 11) is 0. The molecule has 1 aromatic carbocycles. The molecule has 0 spiro atoms. The van der Waals surface area contributed by atoms with Crippen LogP contribution in [0.3, 0.4) is 0 Å². The van der Waals surface area contributed by atoms with E-state index in [1.54, 1.807) is 18.6 Å². The van der Waals surface area contributed by atoms with Crippen molar-refractivity contribution in [1.29, 1.82) is 0 Å². The molecular formula is C12H11ClFN3. The summed E-state index contributed by atoms with van der Waals surface area (Å²) in [6, 6.07) is 3.89. The fraction of sp³-hybridized carbons (Fsp3) is 0.167. The molecule has 0 aliphatic heterocycles. The van der Waals surface area contributed by atoms with E-state index >= 15 is 0 Å². The van der Waals surface area contributed by atoms with Crippen LogP contribution in [0.2, 0.25) is 5.02 Å². The van der Waals surface area contributed by atoms with Gasteiger partial charge in [0.2, 0.25) is 0 Å². The van der Waals surface area contributed by atoms with Crippen LogP contribution in [-0.2, 0) is 6.42 Å². The zero-order valence-electron chi connectivity index (χ0n) is 8.98. The van der Waals surface area contributed by atoms with E-state index in [-0.39, 0.29) is 11.9 Å². The average Bonchev–Trinajstić information content (AvgIpc) is 2.35. The van der Waals surface area contributed by atoms with Crippen molar-refractivity contribution in [3.05, 3.63) is 58.9 Å². The van der Waals surface area contributed by atoms with Crippen molar-refractivity contribution in [2.75, 3.05) is 0 Å². The van der Waals surface area contributed by atoms with Crippen LogP contribution < -0.4 is 5.73 Å². The van der Waals surface area contributed by atoms with Crippen LogP contribution in [0.1, 0.15) is 17.3 Å². The monoisotopic (exact) mass is 251 g/mol. The van der Waals surface area contributed by atoms with Crippen molar-refractivity contribution in [3.8, 4) is 0 Å². The van der Waals surface area contributed by atoms with Gasteiger partial charge in [-0.1, -0.05) is 11.6 Å². The Bertz CT molecular complexity index is 504. The first-order valence-corrected chi connectivity index (χ1v) is 5.50. The molecule has 1 aromatic heterocycles. The van der Waals surface area contributed by atoms with Crippen molar-refractivity contribution in [3.63, 3.8) is 0 Å². The van der Waals surface area contributed by atoms with Crippen molar-refractivity contribution in [1.82, 2.24) is 9.97 Å². The van der Waals surface area contributed by atoms with Gasteiger partial charge in [-0.25, -0.2) is 4.39 Å². The smallest absolute Gasteiger partial charge is 0.123 e. The predicted molar refractivity (Wildman–Crippen MR) is 64.1 cm³/mol. The summed E-state index contributed by atoms with van der Waals surface area (Å²) in [4.78, 5) is 8.04. The maximum atomic E-state index is 13.1. The highest BCUT2D eigenvalue weighted by atomic mass is 35.5. The second-order valence-corrected chi connectivity index (χ2v) is 4.08. The van der Waals surface area contributed by atoms with E-state index in [9.17, 15) is 4.39 Å².